The van der Waals surface area contributed by atoms with Crippen LogP contribution in [0, 0.1) is 28.6 Å². The number of nitrogens with zero attached hydrogens (tertiary/aromatic N) is 2. The van der Waals surface area contributed by atoms with Crippen molar-refractivity contribution in [3.63, 3.8) is 0 Å². The lowest BCUT2D eigenvalue weighted by Gasteiger charge is -2.58. The number of aliphatic hydroxyl groups excluding tert-OH is 2. The number of rotatable bonds is 2. The molecule has 1 aromatic heterocycles. The molecular formula is C26H37N2O3+. The van der Waals surface area contributed by atoms with Crippen molar-refractivity contribution in [3.05, 3.63) is 42.2 Å². The predicted octanol–water partition coefficient (Wildman–Crippen LogP) is 3.81. The van der Waals surface area contributed by atoms with E-state index in [1.165, 1.54) is 5.57 Å². The van der Waals surface area contributed by atoms with E-state index < -0.39 is 11.6 Å². The van der Waals surface area contributed by atoms with E-state index in [9.17, 15) is 15.4 Å². The summed E-state index contributed by atoms with van der Waals surface area (Å²) in [5.41, 5.74) is 1.28. The zero-order valence-corrected chi connectivity index (χ0v) is 19.0. The Morgan fingerprint density at radius 2 is 1.81 bits per heavy atom. The SMILES string of the molecule is C/C(=N/O)[C@@]1([n+]2ccccc2)[C@H](O)C[C@@H]2[C@@H]3CC=C4C[C@@H](O)CC[C@]4(C)[C@H]3CC[C@@]21C. The normalized spacial score (nSPS) is 47.2. The maximum Gasteiger partial charge on any atom is 0.239 e. The van der Waals surface area contributed by atoms with Crippen molar-refractivity contribution in [1.29, 1.82) is 0 Å². The first-order chi connectivity index (χ1) is 14.8. The Morgan fingerprint density at radius 3 is 2.52 bits per heavy atom. The van der Waals surface area contributed by atoms with Gasteiger partial charge in [-0.15, -0.1) is 0 Å². The second-order valence-corrected chi connectivity index (χ2v) is 11.1. The highest BCUT2D eigenvalue weighted by Crippen LogP contribution is 2.68. The summed E-state index contributed by atoms with van der Waals surface area (Å²) in [6, 6.07) is 5.97. The van der Waals surface area contributed by atoms with Crippen LogP contribution >= 0.6 is 0 Å². The van der Waals surface area contributed by atoms with Crippen LogP contribution in [-0.2, 0) is 5.54 Å². The minimum atomic E-state index is -0.744. The number of pyridine rings is 1. The molecule has 1 aromatic rings. The van der Waals surface area contributed by atoms with E-state index in [4.69, 9.17) is 0 Å². The molecule has 8 atom stereocenters. The van der Waals surface area contributed by atoms with Gasteiger partial charge in [0.1, 0.15) is 11.8 Å². The lowest BCUT2D eigenvalue weighted by Crippen LogP contribution is -2.72. The molecule has 0 saturated heterocycles. The smallest absolute Gasteiger partial charge is 0.239 e. The van der Waals surface area contributed by atoms with Crippen molar-refractivity contribution in [2.45, 2.75) is 83.5 Å². The average Bonchev–Trinajstić information content (AvgIpc) is 3.01. The van der Waals surface area contributed by atoms with Gasteiger partial charge >= 0.3 is 0 Å². The Labute approximate surface area is 185 Å². The first-order valence-corrected chi connectivity index (χ1v) is 12.0. The van der Waals surface area contributed by atoms with Crippen LogP contribution in [0.5, 0.6) is 0 Å². The van der Waals surface area contributed by atoms with Crippen molar-refractivity contribution in [2.24, 2.45) is 33.7 Å². The Hall–Kier alpha value is -1.72. The van der Waals surface area contributed by atoms with Crippen LogP contribution in [0.3, 0.4) is 0 Å². The fourth-order valence-electron chi connectivity index (χ4n) is 8.68. The number of aliphatic hydroxyl groups is 2. The largest absolute Gasteiger partial charge is 0.411 e. The molecule has 31 heavy (non-hydrogen) atoms. The summed E-state index contributed by atoms with van der Waals surface area (Å²) in [5, 5.41) is 35.5. The summed E-state index contributed by atoms with van der Waals surface area (Å²) in [6.07, 6.45) is 12.3. The van der Waals surface area contributed by atoms with Crippen LogP contribution in [-0.4, -0.2) is 33.3 Å². The van der Waals surface area contributed by atoms with Crippen LogP contribution in [0.2, 0.25) is 0 Å². The molecular weight excluding hydrogens is 388 g/mol. The molecule has 4 aliphatic carbocycles. The van der Waals surface area contributed by atoms with Gasteiger partial charge in [0.25, 0.3) is 0 Å². The third kappa shape index (κ3) is 2.62. The summed E-state index contributed by atoms with van der Waals surface area (Å²) >= 11 is 0. The van der Waals surface area contributed by atoms with E-state index >= 15 is 0 Å². The van der Waals surface area contributed by atoms with E-state index in [1.54, 1.807) is 0 Å². The number of hydrogen-bond acceptors (Lipinski definition) is 4. The molecule has 3 fully saturated rings. The second kappa shape index (κ2) is 7.14. The van der Waals surface area contributed by atoms with Crippen LogP contribution in [0.25, 0.3) is 0 Å². The summed E-state index contributed by atoms with van der Waals surface area (Å²) in [5.74, 6) is 1.45. The minimum absolute atomic E-state index is 0.166. The van der Waals surface area contributed by atoms with Gasteiger partial charge in [0.05, 0.1) is 6.10 Å². The molecule has 5 heteroatoms. The molecule has 0 spiro atoms. The van der Waals surface area contributed by atoms with Gasteiger partial charge in [-0.1, -0.05) is 36.7 Å². The number of oxime groups is 1. The van der Waals surface area contributed by atoms with Gasteiger partial charge in [-0.3, -0.25) is 0 Å². The standard InChI is InChI=1S/C26H36N2O3/c1-17(27-31)26(28-13-5-4-6-14-28)23(30)16-22-20-8-7-18-15-19(29)9-11-24(18,2)21(20)10-12-25(22,26)3/h4-7,13-14,19-23,29-30H,8-12,15-16H2,1-3H3/p+1/b27-17-/t19-,20+,21-,22+,23+,24-,25-,26+/m0/s1. The Balaban J connectivity index is 1.61. The molecule has 0 bridgehead atoms. The molecule has 0 aliphatic heterocycles. The number of aromatic nitrogens is 1. The zero-order chi connectivity index (χ0) is 22.0. The highest BCUT2D eigenvalue weighted by molar-refractivity contribution is 5.89. The first-order valence-electron chi connectivity index (χ1n) is 12.0. The van der Waals surface area contributed by atoms with Gasteiger partial charge in [0, 0.05) is 17.5 Å². The molecule has 0 unspecified atom stereocenters. The third-order valence-electron chi connectivity index (χ3n) is 10.1. The highest BCUT2D eigenvalue weighted by Gasteiger charge is 2.74. The van der Waals surface area contributed by atoms with E-state index in [0.29, 0.717) is 23.5 Å². The van der Waals surface area contributed by atoms with E-state index in [0.717, 1.165) is 44.9 Å². The molecule has 5 nitrogen and oxygen atoms in total. The van der Waals surface area contributed by atoms with Crippen molar-refractivity contribution < 1.29 is 20.0 Å². The molecule has 0 amide bonds. The summed E-state index contributed by atoms with van der Waals surface area (Å²) in [4.78, 5) is 0. The number of fused-ring (bicyclic) bond motifs is 5. The summed E-state index contributed by atoms with van der Waals surface area (Å²) in [7, 11) is 0. The van der Waals surface area contributed by atoms with Crippen molar-refractivity contribution in [2.75, 3.05) is 0 Å². The third-order valence-corrected chi connectivity index (χ3v) is 10.1. The van der Waals surface area contributed by atoms with E-state index in [1.807, 2.05) is 37.5 Å². The maximum absolute atomic E-state index is 11.7. The fourth-order valence-corrected chi connectivity index (χ4v) is 8.68. The Morgan fingerprint density at radius 1 is 1.06 bits per heavy atom. The average molecular weight is 426 g/mol. The monoisotopic (exact) mass is 425 g/mol. The van der Waals surface area contributed by atoms with Gasteiger partial charge in [-0.2, -0.15) is 4.57 Å². The minimum Gasteiger partial charge on any atom is -0.411 e. The van der Waals surface area contributed by atoms with Crippen LogP contribution in [0.1, 0.15) is 65.7 Å². The van der Waals surface area contributed by atoms with Crippen molar-refractivity contribution >= 4 is 5.71 Å². The van der Waals surface area contributed by atoms with Crippen molar-refractivity contribution in [1.82, 2.24) is 0 Å². The van der Waals surface area contributed by atoms with Gasteiger partial charge in [0.15, 0.2) is 12.4 Å². The first kappa shape index (κ1) is 21.1. The molecule has 3 N–H and O–H groups in total. The van der Waals surface area contributed by atoms with Crippen molar-refractivity contribution in [3.8, 4) is 0 Å². The molecule has 5 rings (SSSR count). The summed E-state index contributed by atoms with van der Waals surface area (Å²) in [6.45, 7) is 6.62. The Kier molecular flexibility index (Phi) is 4.87. The highest BCUT2D eigenvalue weighted by atomic mass is 16.4. The summed E-state index contributed by atoms with van der Waals surface area (Å²) < 4.78 is 2.11. The molecule has 0 radical (unpaired) electrons. The van der Waals surface area contributed by atoms with E-state index in [-0.39, 0.29) is 16.9 Å². The maximum atomic E-state index is 11.7. The fraction of sp³-hybridized carbons (Fsp3) is 0.692. The molecule has 1 heterocycles. The molecule has 0 aromatic carbocycles. The van der Waals surface area contributed by atoms with Gasteiger partial charge in [-0.25, -0.2) is 0 Å². The van der Waals surface area contributed by atoms with Crippen LogP contribution in [0.15, 0.2) is 47.4 Å². The predicted molar refractivity (Wildman–Crippen MR) is 119 cm³/mol. The Bertz CT molecular complexity index is 914. The number of hydrogen-bond donors (Lipinski definition) is 3. The zero-order valence-electron chi connectivity index (χ0n) is 19.0. The number of allylic oxidation sites excluding steroid dienone is 1. The topological polar surface area (TPSA) is 76.9 Å². The lowest BCUT2D eigenvalue weighted by molar-refractivity contribution is -0.766. The molecule has 3 saturated carbocycles. The molecule has 4 aliphatic rings. The van der Waals surface area contributed by atoms with Gasteiger partial charge in [-0.05, 0) is 75.0 Å². The lowest BCUT2D eigenvalue weighted by atomic mass is 9.46. The van der Waals surface area contributed by atoms with E-state index in [2.05, 4.69) is 29.6 Å². The molecule has 168 valence electrons. The van der Waals surface area contributed by atoms with Crippen LogP contribution < -0.4 is 4.57 Å². The van der Waals surface area contributed by atoms with Crippen LogP contribution in [0.4, 0.5) is 0 Å². The van der Waals surface area contributed by atoms with Gasteiger partial charge < -0.3 is 15.4 Å². The second-order valence-electron chi connectivity index (χ2n) is 11.1. The quantitative estimate of drug-likeness (QED) is 0.222. The van der Waals surface area contributed by atoms with Gasteiger partial charge in [0.2, 0.25) is 5.54 Å².